The zero-order valence-electron chi connectivity index (χ0n) is 9.26. The molecule has 2 aliphatic carbocycles. The lowest BCUT2D eigenvalue weighted by molar-refractivity contribution is -0.301. The number of Topliss-reactive ketones (excluding diaryl/α,β-unsaturated/α-hetero) is 1. The average molecular weight is 237 g/mol. The van der Waals surface area contributed by atoms with Crippen LogP contribution in [0, 0.1) is 23.7 Å². The van der Waals surface area contributed by atoms with E-state index in [-0.39, 0.29) is 17.8 Å². The Balaban J connectivity index is 1.94. The largest absolute Gasteiger partial charge is 0.542 e. The number of fused-ring (bicyclic) bond motifs is 1. The van der Waals surface area contributed by atoms with Crippen molar-refractivity contribution in [2.45, 2.75) is 31.8 Å². The molecular formula is C12H13O5-. The number of carbonyl (C=O) groups is 3. The number of hydrogen-bond acceptors (Lipinski definition) is 5. The van der Waals surface area contributed by atoms with Crippen LogP contribution in [-0.2, 0) is 19.1 Å². The molecule has 92 valence electrons. The quantitative estimate of drug-likeness (QED) is 0.467. The normalized spacial score (nSPS) is 43.1. The number of ether oxygens (including phenoxy) is 1. The van der Waals surface area contributed by atoms with Gasteiger partial charge in [-0.2, -0.15) is 0 Å². The molecule has 0 amide bonds. The van der Waals surface area contributed by atoms with E-state index in [9.17, 15) is 19.5 Å². The molecule has 5 nitrogen and oxygen atoms in total. The average Bonchev–Trinajstić information content (AvgIpc) is 2.42. The Kier molecular flexibility index (Phi) is 2.24. The van der Waals surface area contributed by atoms with Gasteiger partial charge in [-0.25, -0.2) is 0 Å². The first-order chi connectivity index (χ1) is 8.06. The number of ketones is 1. The van der Waals surface area contributed by atoms with Crippen LogP contribution in [0.4, 0.5) is 0 Å². The van der Waals surface area contributed by atoms with Gasteiger partial charge < -0.3 is 14.6 Å². The molecule has 0 N–H and O–H groups in total. The lowest BCUT2D eigenvalue weighted by atomic mass is 9.62. The summed E-state index contributed by atoms with van der Waals surface area (Å²) in [7, 11) is 0. The van der Waals surface area contributed by atoms with E-state index in [1.54, 1.807) is 0 Å². The van der Waals surface area contributed by atoms with Crippen LogP contribution in [0.5, 0.6) is 0 Å². The molecule has 0 aromatic rings. The number of rotatable bonds is 2. The highest BCUT2D eigenvalue weighted by Gasteiger charge is 2.52. The molecule has 5 unspecified atom stereocenters. The van der Waals surface area contributed by atoms with Crippen LogP contribution in [0.1, 0.15) is 25.7 Å². The summed E-state index contributed by atoms with van der Waals surface area (Å²) in [6.07, 6.45) is 2.35. The molecule has 4 fully saturated rings. The summed E-state index contributed by atoms with van der Waals surface area (Å²) in [5.74, 6) is -3.23. The van der Waals surface area contributed by atoms with E-state index < -0.39 is 23.8 Å². The smallest absolute Gasteiger partial charge is 0.309 e. The lowest BCUT2D eigenvalue weighted by Crippen LogP contribution is -2.48. The van der Waals surface area contributed by atoms with Crippen molar-refractivity contribution in [1.82, 2.24) is 0 Å². The standard InChI is InChI=1S/C12H14O5/c13-10(11(14)15)9-6-1-5-2-7(4-6)12(16)17-8(9)3-5/h5-9H,1-4H2,(H,14,15)/p-1. The molecule has 0 aromatic heterocycles. The van der Waals surface area contributed by atoms with Crippen molar-refractivity contribution in [2.24, 2.45) is 23.7 Å². The van der Waals surface area contributed by atoms with Crippen molar-refractivity contribution in [3.63, 3.8) is 0 Å². The summed E-state index contributed by atoms with van der Waals surface area (Å²) in [6, 6.07) is 0. The molecule has 5 atom stereocenters. The first kappa shape index (κ1) is 10.7. The van der Waals surface area contributed by atoms with E-state index in [4.69, 9.17) is 4.74 Å². The molecule has 2 heterocycles. The summed E-state index contributed by atoms with van der Waals surface area (Å²) in [6.45, 7) is 0. The predicted octanol–water partition coefficient (Wildman–Crippen LogP) is -0.717. The maximum Gasteiger partial charge on any atom is 0.309 e. The molecule has 17 heavy (non-hydrogen) atoms. The van der Waals surface area contributed by atoms with E-state index in [1.807, 2.05) is 0 Å². The number of esters is 1. The van der Waals surface area contributed by atoms with Crippen LogP contribution >= 0.6 is 0 Å². The van der Waals surface area contributed by atoms with E-state index in [0.29, 0.717) is 18.8 Å². The number of aliphatic carboxylic acids is 1. The Morgan fingerprint density at radius 1 is 1.18 bits per heavy atom. The maximum atomic E-state index is 11.7. The molecule has 4 bridgehead atoms. The van der Waals surface area contributed by atoms with Crippen molar-refractivity contribution in [3.8, 4) is 0 Å². The van der Waals surface area contributed by atoms with Gasteiger partial charge in [-0.1, -0.05) is 0 Å². The molecule has 2 aliphatic heterocycles. The maximum absolute atomic E-state index is 11.7. The zero-order chi connectivity index (χ0) is 12.2. The van der Waals surface area contributed by atoms with Crippen molar-refractivity contribution in [2.75, 3.05) is 0 Å². The highest BCUT2D eigenvalue weighted by molar-refractivity contribution is 6.32. The van der Waals surface area contributed by atoms with Crippen LogP contribution in [0.3, 0.4) is 0 Å². The SMILES string of the molecule is O=C([O-])C(=O)C1C2CC3CC(C2)C(=O)OC1C3. The fourth-order valence-electron chi connectivity index (χ4n) is 3.83. The monoisotopic (exact) mass is 237 g/mol. The zero-order valence-corrected chi connectivity index (χ0v) is 9.26. The van der Waals surface area contributed by atoms with Crippen LogP contribution in [0.2, 0.25) is 0 Å². The summed E-state index contributed by atoms with van der Waals surface area (Å²) < 4.78 is 5.27. The van der Waals surface area contributed by atoms with Crippen LogP contribution in [0.25, 0.3) is 0 Å². The van der Waals surface area contributed by atoms with Gasteiger partial charge in [0.1, 0.15) is 12.1 Å². The van der Waals surface area contributed by atoms with Crippen LogP contribution in [-0.4, -0.2) is 23.8 Å². The topological polar surface area (TPSA) is 83.5 Å². The second kappa shape index (κ2) is 3.55. The first-order valence-corrected chi connectivity index (χ1v) is 6.02. The fourth-order valence-corrected chi connectivity index (χ4v) is 3.83. The molecule has 0 spiro atoms. The predicted molar refractivity (Wildman–Crippen MR) is 52.3 cm³/mol. The minimum absolute atomic E-state index is 0.0191. The number of carboxylic acids is 1. The number of carbonyl (C=O) groups excluding carboxylic acids is 3. The number of carboxylic acid groups (broad SMARTS) is 1. The molecule has 2 saturated carbocycles. The Hall–Kier alpha value is -1.39. The third-order valence-electron chi connectivity index (χ3n) is 4.42. The van der Waals surface area contributed by atoms with Crippen LogP contribution < -0.4 is 5.11 Å². The molecule has 0 aromatic carbocycles. The Bertz CT molecular complexity index is 402. The molecule has 0 radical (unpaired) electrons. The summed E-state index contributed by atoms with van der Waals surface area (Å²) in [4.78, 5) is 34.1. The summed E-state index contributed by atoms with van der Waals surface area (Å²) >= 11 is 0. The van der Waals surface area contributed by atoms with E-state index >= 15 is 0 Å². The Morgan fingerprint density at radius 3 is 2.65 bits per heavy atom. The summed E-state index contributed by atoms with van der Waals surface area (Å²) in [5.41, 5.74) is 0. The van der Waals surface area contributed by atoms with Gasteiger partial charge in [0.15, 0.2) is 5.78 Å². The van der Waals surface area contributed by atoms with Crippen molar-refractivity contribution >= 4 is 17.7 Å². The van der Waals surface area contributed by atoms with Gasteiger partial charge in [-0.15, -0.1) is 0 Å². The van der Waals surface area contributed by atoms with Crippen LogP contribution in [0.15, 0.2) is 0 Å². The highest BCUT2D eigenvalue weighted by atomic mass is 16.5. The molecule has 4 aliphatic rings. The highest BCUT2D eigenvalue weighted by Crippen LogP contribution is 2.50. The van der Waals surface area contributed by atoms with Gasteiger partial charge in [0.05, 0.1) is 11.8 Å². The fraction of sp³-hybridized carbons (Fsp3) is 0.750. The number of hydrogen-bond donors (Lipinski definition) is 0. The first-order valence-electron chi connectivity index (χ1n) is 6.02. The minimum atomic E-state index is -1.65. The van der Waals surface area contributed by atoms with Crippen molar-refractivity contribution < 1.29 is 24.2 Å². The second-order valence-corrected chi connectivity index (χ2v) is 5.42. The van der Waals surface area contributed by atoms with Gasteiger partial charge in [0, 0.05) is 0 Å². The third-order valence-corrected chi connectivity index (χ3v) is 4.42. The van der Waals surface area contributed by atoms with Crippen molar-refractivity contribution in [3.05, 3.63) is 0 Å². The van der Waals surface area contributed by atoms with Gasteiger partial charge in [0.2, 0.25) is 0 Å². The van der Waals surface area contributed by atoms with Gasteiger partial charge >= 0.3 is 5.97 Å². The Labute approximate surface area is 98.1 Å². The van der Waals surface area contributed by atoms with Gasteiger partial charge in [0.25, 0.3) is 0 Å². The summed E-state index contributed by atoms with van der Waals surface area (Å²) in [5, 5.41) is 10.7. The van der Waals surface area contributed by atoms with Crippen molar-refractivity contribution in [1.29, 1.82) is 0 Å². The molecule has 2 saturated heterocycles. The minimum Gasteiger partial charge on any atom is -0.542 e. The lowest BCUT2D eigenvalue weighted by Gasteiger charge is -2.41. The second-order valence-electron chi connectivity index (χ2n) is 5.42. The van der Waals surface area contributed by atoms with Gasteiger partial charge in [-0.05, 0) is 37.5 Å². The van der Waals surface area contributed by atoms with Gasteiger partial charge in [-0.3, -0.25) is 9.59 Å². The molecular weight excluding hydrogens is 224 g/mol. The van der Waals surface area contributed by atoms with E-state index in [2.05, 4.69) is 0 Å². The van der Waals surface area contributed by atoms with E-state index in [0.717, 1.165) is 12.8 Å². The third kappa shape index (κ3) is 1.56. The van der Waals surface area contributed by atoms with E-state index in [1.165, 1.54) is 0 Å². The Morgan fingerprint density at radius 2 is 1.94 bits per heavy atom. The molecule has 4 rings (SSSR count). The molecule has 5 heteroatoms.